The van der Waals surface area contributed by atoms with Crippen molar-refractivity contribution >= 4 is 40.4 Å². The predicted molar refractivity (Wildman–Crippen MR) is 102 cm³/mol. The van der Waals surface area contributed by atoms with Crippen molar-refractivity contribution in [3.05, 3.63) is 63.6 Å². The number of hydrazone groups is 1. The van der Waals surface area contributed by atoms with Crippen LogP contribution in [0.4, 0.5) is 5.69 Å². The van der Waals surface area contributed by atoms with Crippen molar-refractivity contribution in [3.8, 4) is 0 Å². The van der Waals surface area contributed by atoms with E-state index in [0.29, 0.717) is 22.4 Å². The number of aliphatic hydroxyl groups is 1. The van der Waals surface area contributed by atoms with E-state index in [-0.39, 0.29) is 6.04 Å². The lowest BCUT2D eigenvalue weighted by molar-refractivity contribution is 0.136. The van der Waals surface area contributed by atoms with Crippen LogP contribution in [0.2, 0.25) is 10.0 Å². The Balaban J connectivity index is 1.95. The molecule has 0 saturated heterocycles. The highest BCUT2D eigenvalue weighted by Gasteiger charge is 2.34. The Morgan fingerprint density at radius 1 is 1.16 bits per heavy atom. The van der Waals surface area contributed by atoms with Crippen LogP contribution >= 0.6 is 23.2 Å². The SMILES string of the molecule is CC1NN=C2CN=C(c3ccccc3Cl)c3cc(Cl)ccc3N2C1O. The molecule has 0 fully saturated rings. The number of halogens is 2. The van der Waals surface area contributed by atoms with Gasteiger partial charge in [-0.25, -0.2) is 0 Å². The Bertz CT molecular complexity index is 896. The average molecular weight is 375 g/mol. The molecule has 4 rings (SSSR count). The standard InChI is InChI=1S/C18H16Cl2N4O/c1-10-18(25)24-15-7-6-11(19)8-13(15)17(21-9-16(24)23-22-10)12-4-2-3-5-14(12)20/h2-8,10,18,22,25H,9H2,1H3. The molecule has 0 aliphatic carbocycles. The Morgan fingerprint density at radius 2 is 1.96 bits per heavy atom. The number of benzene rings is 2. The first-order chi connectivity index (χ1) is 12.1. The van der Waals surface area contributed by atoms with Gasteiger partial charge in [-0.15, -0.1) is 0 Å². The molecule has 2 N–H and O–H groups in total. The van der Waals surface area contributed by atoms with Crippen molar-refractivity contribution < 1.29 is 5.11 Å². The summed E-state index contributed by atoms with van der Waals surface area (Å²) in [5, 5.41) is 16.3. The van der Waals surface area contributed by atoms with E-state index in [0.717, 1.165) is 22.5 Å². The number of amidine groups is 1. The van der Waals surface area contributed by atoms with Gasteiger partial charge in [0.1, 0.15) is 0 Å². The first-order valence-corrected chi connectivity index (χ1v) is 8.70. The van der Waals surface area contributed by atoms with E-state index in [1.165, 1.54) is 0 Å². The molecule has 2 aliphatic rings. The van der Waals surface area contributed by atoms with Crippen molar-refractivity contribution in [1.29, 1.82) is 0 Å². The van der Waals surface area contributed by atoms with Crippen LogP contribution in [0.3, 0.4) is 0 Å². The fourth-order valence-electron chi connectivity index (χ4n) is 3.09. The molecule has 0 spiro atoms. The molecule has 2 atom stereocenters. The fourth-order valence-corrected chi connectivity index (χ4v) is 3.49. The molecule has 128 valence electrons. The first-order valence-electron chi connectivity index (χ1n) is 7.95. The Morgan fingerprint density at radius 3 is 2.76 bits per heavy atom. The minimum absolute atomic E-state index is 0.214. The maximum Gasteiger partial charge on any atom is 0.153 e. The maximum absolute atomic E-state index is 10.7. The largest absolute Gasteiger partial charge is 0.371 e. The molecule has 2 unspecified atom stereocenters. The molecule has 5 nitrogen and oxygen atoms in total. The molecule has 2 heterocycles. The lowest BCUT2D eigenvalue weighted by atomic mass is 9.99. The zero-order valence-corrected chi connectivity index (χ0v) is 15.0. The number of aliphatic imine (C=N–C) groups is 1. The van der Waals surface area contributed by atoms with Crippen LogP contribution in [0, 0.1) is 0 Å². The summed E-state index contributed by atoms with van der Waals surface area (Å²) in [7, 11) is 0. The average Bonchev–Trinajstić information content (AvgIpc) is 2.76. The van der Waals surface area contributed by atoms with Gasteiger partial charge in [-0.05, 0) is 31.2 Å². The molecule has 2 aromatic carbocycles. The number of fused-ring (bicyclic) bond motifs is 3. The second-order valence-corrected chi connectivity index (χ2v) is 6.88. The van der Waals surface area contributed by atoms with Crippen LogP contribution in [0.15, 0.2) is 52.6 Å². The summed E-state index contributed by atoms with van der Waals surface area (Å²) in [5.41, 5.74) is 6.12. The van der Waals surface area contributed by atoms with Gasteiger partial charge in [0, 0.05) is 21.2 Å². The molecular weight excluding hydrogens is 359 g/mol. The molecule has 0 aromatic heterocycles. The van der Waals surface area contributed by atoms with Crippen LogP contribution in [0.1, 0.15) is 18.1 Å². The lowest BCUT2D eigenvalue weighted by Gasteiger charge is -2.37. The normalized spacial score (nSPS) is 22.2. The van der Waals surface area contributed by atoms with Crippen LogP contribution in [0.5, 0.6) is 0 Å². The number of nitrogens with zero attached hydrogens (tertiary/aromatic N) is 3. The van der Waals surface area contributed by atoms with Crippen molar-refractivity contribution in [2.24, 2.45) is 10.1 Å². The Hall–Kier alpha value is -2.08. The number of aliphatic hydroxyl groups excluding tert-OH is 1. The van der Waals surface area contributed by atoms with Crippen molar-refractivity contribution in [3.63, 3.8) is 0 Å². The fraction of sp³-hybridized carbons (Fsp3) is 0.222. The highest BCUT2D eigenvalue weighted by Crippen LogP contribution is 2.33. The number of nitrogens with one attached hydrogen (secondary N) is 1. The second-order valence-electron chi connectivity index (χ2n) is 6.04. The van der Waals surface area contributed by atoms with Crippen molar-refractivity contribution in [1.82, 2.24) is 5.43 Å². The minimum Gasteiger partial charge on any atom is -0.371 e. The van der Waals surface area contributed by atoms with Gasteiger partial charge in [0.15, 0.2) is 12.1 Å². The van der Waals surface area contributed by atoms with Gasteiger partial charge in [0.05, 0.1) is 24.0 Å². The summed E-state index contributed by atoms with van der Waals surface area (Å²) in [4.78, 5) is 6.54. The van der Waals surface area contributed by atoms with E-state index in [1.54, 1.807) is 11.0 Å². The van der Waals surface area contributed by atoms with E-state index < -0.39 is 6.23 Å². The van der Waals surface area contributed by atoms with Gasteiger partial charge in [0.25, 0.3) is 0 Å². The highest BCUT2D eigenvalue weighted by molar-refractivity contribution is 6.37. The first kappa shape index (κ1) is 16.4. The summed E-state index contributed by atoms with van der Waals surface area (Å²) in [5.74, 6) is 0.649. The number of hydrogen-bond acceptors (Lipinski definition) is 5. The summed E-state index contributed by atoms with van der Waals surface area (Å²) >= 11 is 12.7. The maximum atomic E-state index is 10.7. The third kappa shape index (κ3) is 2.78. The topological polar surface area (TPSA) is 60.2 Å². The monoisotopic (exact) mass is 374 g/mol. The zero-order valence-electron chi connectivity index (χ0n) is 13.4. The molecule has 0 amide bonds. The van der Waals surface area contributed by atoms with Gasteiger partial charge in [0.2, 0.25) is 0 Å². The molecule has 0 saturated carbocycles. The summed E-state index contributed by atoms with van der Waals surface area (Å²) in [6.45, 7) is 2.20. The van der Waals surface area contributed by atoms with Gasteiger partial charge >= 0.3 is 0 Å². The van der Waals surface area contributed by atoms with E-state index in [4.69, 9.17) is 28.2 Å². The molecule has 0 radical (unpaired) electrons. The van der Waals surface area contributed by atoms with Crippen molar-refractivity contribution in [2.75, 3.05) is 11.4 Å². The van der Waals surface area contributed by atoms with Gasteiger partial charge in [-0.3, -0.25) is 9.89 Å². The molecular formula is C18H16Cl2N4O. The van der Waals surface area contributed by atoms with Gasteiger partial charge < -0.3 is 10.5 Å². The van der Waals surface area contributed by atoms with Crippen LogP contribution in [0.25, 0.3) is 0 Å². The van der Waals surface area contributed by atoms with Gasteiger partial charge in [-0.2, -0.15) is 5.10 Å². The summed E-state index contributed by atoms with van der Waals surface area (Å²) in [6, 6.07) is 12.9. The molecule has 25 heavy (non-hydrogen) atoms. The molecule has 2 aliphatic heterocycles. The third-order valence-corrected chi connectivity index (χ3v) is 4.93. The number of rotatable bonds is 1. The number of hydrogen-bond donors (Lipinski definition) is 2. The van der Waals surface area contributed by atoms with E-state index in [2.05, 4.69) is 10.5 Å². The van der Waals surface area contributed by atoms with Crippen LogP contribution in [-0.2, 0) is 0 Å². The third-order valence-electron chi connectivity index (χ3n) is 4.37. The summed E-state index contributed by atoms with van der Waals surface area (Å²) < 4.78 is 0. The Kier molecular flexibility index (Phi) is 4.15. The molecule has 2 aromatic rings. The van der Waals surface area contributed by atoms with E-state index >= 15 is 0 Å². The van der Waals surface area contributed by atoms with Crippen LogP contribution in [-0.4, -0.2) is 35.5 Å². The van der Waals surface area contributed by atoms with E-state index in [1.807, 2.05) is 43.3 Å². The summed E-state index contributed by atoms with van der Waals surface area (Å²) in [6.07, 6.45) is -0.756. The lowest BCUT2D eigenvalue weighted by Crippen LogP contribution is -2.55. The predicted octanol–water partition coefficient (Wildman–Crippen LogP) is 3.27. The quantitative estimate of drug-likeness (QED) is 0.804. The van der Waals surface area contributed by atoms with Crippen molar-refractivity contribution in [2.45, 2.75) is 19.2 Å². The number of anilines is 1. The van der Waals surface area contributed by atoms with Crippen LogP contribution < -0.4 is 10.3 Å². The molecule has 0 bridgehead atoms. The minimum atomic E-state index is -0.756. The second kappa shape index (κ2) is 6.33. The van der Waals surface area contributed by atoms with Gasteiger partial charge in [-0.1, -0.05) is 41.4 Å². The molecule has 7 heteroatoms. The zero-order chi connectivity index (χ0) is 17.6. The highest BCUT2D eigenvalue weighted by atomic mass is 35.5. The Labute approximate surface area is 155 Å². The smallest absolute Gasteiger partial charge is 0.153 e. The van der Waals surface area contributed by atoms with E-state index in [9.17, 15) is 5.11 Å².